The summed E-state index contributed by atoms with van der Waals surface area (Å²) in [6.07, 6.45) is -8.07. The first-order chi connectivity index (χ1) is 14.5. The van der Waals surface area contributed by atoms with Crippen LogP contribution in [0, 0.1) is 0 Å². The lowest BCUT2D eigenvalue weighted by Crippen LogP contribution is -2.77. The predicted octanol–water partition coefficient (Wildman–Crippen LogP) is 7.73. The van der Waals surface area contributed by atoms with Crippen molar-refractivity contribution in [1.82, 2.24) is 0 Å². The molecule has 0 aliphatic rings. The van der Waals surface area contributed by atoms with E-state index in [9.17, 15) is 101 Å². The molecule has 0 amide bonds. The minimum atomic E-state index is -9.35. The molecule has 0 rings (SSSR count). The van der Waals surface area contributed by atoms with Crippen molar-refractivity contribution in [3.8, 4) is 0 Å². The Bertz CT molecular complexity index is 716. The maximum Gasteiger partial charge on any atom is 0.460 e. The first-order valence-electron chi connectivity index (χ1n) is 7.14. The molecular formula is C11H2F23P. The van der Waals surface area contributed by atoms with Crippen LogP contribution in [-0.2, 0) is 0 Å². The largest absolute Gasteiger partial charge is 0.460 e. The van der Waals surface area contributed by atoms with Crippen LogP contribution in [0.2, 0.25) is 0 Å². The molecule has 0 saturated heterocycles. The molecule has 0 N–H and O–H groups in total. The molecule has 0 saturated carbocycles. The summed E-state index contributed by atoms with van der Waals surface area (Å²) < 4.78 is 296. The second kappa shape index (κ2) is 7.91. The van der Waals surface area contributed by atoms with Crippen LogP contribution < -0.4 is 0 Å². The Hall–Kier alpha value is -1.18. The van der Waals surface area contributed by atoms with Crippen molar-refractivity contribution in [2.24, 2.45) is 0 Å². The molecule has 24 heteroatoms. The van der Waals surface area contributed by atoms with Crippen LogP contribution in [0.5, 0.6) is 0 Å². The first kappa shape index (κ1) is 33.8. The van der Waals surface area contributed by atoms with Gasteiger partial charge in [0.05, 0.1) is 0 Å². The predicted molar refractivity (Wildman–Crippen MR) is 65.2 cm³/mol. The van der Waals surface area contributed by atoms with Crippen molar-refractivity contribution in [2.75, 3.05) is 0 Å². The zero-order valence-corrected chi connectivity index (χ0v) is 15.9. The monoisotopic (exact) mass is 602 g/mol. The molecule has 0 aromatic rings. The maximum absolute atomic E-state index is 13.3. The van der Waals surface area contributed by atoms with E-state index in [1.807, 2.05) is 0 Å². The van der Waals surface area contributed by atoms with Crippen molar-refractivity contribution in [2.45, 2.75) is 65.1 Å². The van der Waals surface area contributed by atoms with Crippen LogP contribution in [0.4, 0.5) is 101 Å². The van der Waals surface area contributed by atoms with Gasteiger partial charge in [-0.1, -0.05) is 9.24 Å². The van der Waals surface area contributed by atoms with Gasteiger partial charge in [-0.05, 0) is 0 Å². The number of hydrogen-bond donors (Lipinski definition) is 0. The van der Waals surface area contributed by atoms with Gasteiger partial charge in [0.2, 0.25) is 0 Å². The summed E-state index contributed by atoms with van der Waals surface area (Å²) in [5, 5.41) is 0. The van der Waals surface area contributed by atoms with E-state index in [0.717, 1.165) is 0 Å². The molecule has 0 aromatic carbocycles. The van der Waals surface area contributed by atoms with E-state index in [4.69, 9.17) is 0 Å². The van der Waals surface area contributed by atoms with Crippen LogP contribution >= 0.6 is 9.24 Å². The van der Waals surface area contributed by atoms with Crippen LogP contribution in [0.25, 0.3) is 0 Å². The average Bonchev–Trinajstić information content (AvgIpc) is 2.58. The molecule has 35 heavy (non-hydrogen) atoms. The highest BCUT2D eigenvalue weighted by Gasteiger charge is 2.98. The molecule has 1 unspecified atom stereocenters. The summed E-state index contributed by atoms with van der Waals surface area (Å²) in [4.78, 5) is 0. The second-order valence-electron chi connectivity index (χ2n) is 6.29. The fraction of sp³-hybridized carbons (Fsp3) is 1.00. The summed E-state index contributed by atoms with van der Waals surface area (Å²) in [6.45, 7) is 0. The molecular weight excluding hydrogens is 600 g/mol. The molecule has 212 valence electrons. The Morgan fingerprint density at radius 2 is 0.371 bits per heavy atom. The van der Waals surface area contributed by atoms with Gasteiger partial charge < -0.3 is 0 Å². The Balaban J connectivity index is 7.15. The van der Waals surface area contributed by atoms with Gasteiger partial charge in [0, 0.05) is 0 Å². The van der Waals surface area contributed by atoms with Gasteiger partial charge in [-0.25, -0.2) is 0 Å². The summed E-state index contributed by atoms with van der Waals surface area (Å²) in [5.74, 6) is -80.3. The van der Waals surface area contributed by atoms with Crippen molar-refractivity contribution < 1.29 is 101 Å². The molecule has 0 spiro atoms. The maximum atomic E-state index is 13.3. The Morgan fingerprint density at radius 1 is 0.229 bits per heavy atom. The molecule has 0 bridgehead atoms. The van der Waals surface area contributed by atoms with E-state index >= 15 is 0 Å². The van der Waals surface area contributed by atoms with Crippen molar-refractivity contribution in [1.29, 1.82) is 0 Å². The molecule has 0 radical (unpaired) electrons. The molecule has 0 aromatic heterocycles. The smallest absolute Gasteiger partial charge is 0.195 e. The number of halogens is 23. The van der Waals surface area contributed by atoms with Gasteiger partial charge in [0.1, 0.15) is 0 Å². The third-order valence-corrected chi connectivity index (χ3v) is 4.29. The van der Waals surface area contributed by atoms with Crippen LogP contribution in [0.1, 0.15) is 0 Å². The Morgan fingerprint density at radius 3 is 0.514 bits per heavy atom. The Labute approximate surface area is 177 Å². The van der Waals surface area contributed by atoms with Crippen molar-refractivity contribution in [3.05, 3.63) is 0 Å². The molecule has 0 heterocycles. The number of hydrogen-bond acceptors (Lipinski definition) is 0. The molecule has 0 nitrogen and oxygen atoms in total. The lowest BCUT2D eigenvalue weighted by Gasteiger charge is -2.45. The fourth-order valence-electron chi connectivity index (χ4n) is 1.77. The summed E-state index contributed by atoms with van der Waals surface area (Å²) in [6, 6.07) is 0. The van der Waals surface area contributed by atoms with Gasteiger partial charge in [-0.15, -0.1) is 0 Å². The van der Waals surface area contributed by atoms with Crippen LogP contribution in [0.3, 0.4) is 0 Å². The van der Waals surface area contributed by atoms with E-state index in [0.29, 0.717) is 0 Å². The number of alkyl halides is 23. The van der Waals surface area contributed by atoms with E-state index in [1.165, 1.54) is 0 Å². The lowest BCUT2D eigenvalue weighted by molar-refractivity contribution is -0.476. The zero-order valence-electron chi connectivity index (χ0n) is 14.8. The van der Waals surface area contributed by atoms with Gasteiger partial charge in [-0.3, -0.25) is 0 Å². The van der Waals surface area contributed by atoms with Crippen molar-refractivity contribution in [3.63, 3.8) is 0 Å². The minimum absolute atomic E-state index is 0.725. The standard InChI is InChI=1S/C11H2F23P/c12-1(13,2(14,15)4(18,19)6(22,23)8(26,27)10(30,31)32)3(16,17)5(20,21)7(24,25)9(28,29)11(33,34)35/h35H2. The second-order valence-corrected chi connectivity index (χ2v) is 7.02. The van der Waals surface area contributed by atoms with E-state index < -0.39 is 74.4 Å². The topological polar surface area (TPSA) is 0 Å². The van der Waals surface area contributed by atoms with Gasteiger partial charge >= 0.3 is 65.1 Å². The summed E-state index contributed by atoms with van der Waals surface area (Å²) >= 11 is 0. The quantitative estimate of drug-likeness (QED) is 0.187. The first-order valence-corrected chi connectivity index (χ1v) is 7.71. The van der Waals surface area contributed by atoms with Gasteiger partial charge in [0.25, 0.3) is 0 Å². The SMILES string of the molecule is FC(F)(F)C(F)(F)C(F)(F)C(F)(F)C(F)(F)C(F)(F)C(F)(F)C(F)(F)C(F)(F)C(F)(F)C(F)(F)P. The third kappa shape index (κ3) is 3.95. The van der Waals surface area contributed by atoms with Crippen LogP contribution in [-0.4, -0.2) is 65.1 Å². The molecule has 0 fully saturated rings. The van der Waals surface area contributed by atoms with Crippen molar-refractivity contribution >= 4 is 9.24 Å². The normalized spacial score (nSPS) is 17.1. The average molecular weight is 602 g/mol. The van der Waals surface area contributed by atoms with E-state index in [2.05, 4.69) is 0 Å². The van der Waals surface area contributed by atoms with Gasteiger partial charge in [-0.2, -0.15) is 101 Å². The molecule has 1 atom stereocenters. The summed E-state index contributed by atoms with van der Waals surface area (Å²) in [7, 11) is -0.725. The highest BCUT2D eigenvalue weighted by molar-refractivity contribution is 7.18. The zero-order chi connectivity index (χ0) is 29.5. The van der Waals surface area contributed by atoms with E-state index in [-0.39, 0.29) is 0 Å². The highest BCUT2D eigenvalue weighted by Crippen LogP contribution is 2.67. The van der Waals surface area contributed by atoms with Crippen LogP contribution in [0.15, 0.2) is 0 Å². The minimum Gasteiger partial charge on any atom is -0.195 e. The Kier molecular flexibility index (Phi) is 7.64. The molecule has 0 aliphatic heterocycles. The molecule has 0 aliphatic carbocycles. The third-order valence-electron chi connectivity index (χ3n) is 3.93. The van der Waals surface area contributed by atoms with E-state index in [1.54, 1.807) is 0 Å². The fourth-order valence-corrected chi connectivity index (χ4v) is 1.95. The van der Waals surface area contributed by atoms with Gasteiger partial charge in [0.15, 0.2) is 0 Å². The highest BCUT2D eigenvalue weighted by atomic mass is 31.0. The summed E-state index contributed by atoms with van der Waals surface area (Å²) in [5.41, 5.74) is -6.69. The lowest BCUT2D eigenvalue weighted by atomic mass is 9.86. The number of rotatable bonds is 9.